The van der Waals surface area contributed by atoms with Crippen molar-refractivity contribution in [1.29, 1.82) is 5.41 Å². The van der Waals surface area contributed by atoms with Crippen molar-refractivity contribution in [3.63, 3.8) is 0 Å². The van der Waals surface area contributed by atoms with Crippen molar-refractivity contribution in [2.45, 2.75) is 45.1 Å². The average Bonchev–Trinajstić information content (AvgIpc) is 2.11. The molecule has 0 heterocycles. The summed E-state index contributed by atoms with van der Waals surface area (Å²) in [6.07, 6.45) is 3.71. The number of hydrogen-bond acceptors (Lipinski definition) is 3. The van der Waals surface area contributed by atoms with Gasteiger partial charge in [-0.25, -0.2) is 0 Å². The summed E-state index contributed by atoms with van der Waals surface area (Å²) in [6, 6.07) is -0.740. The van der Waals surface area contributed by atoms with Gasteiger partial charge in [0.1, 0.15) is 6.04 Å². The summed E-state index contributed by atoms with van der Waals surface area (Å²) < 4.78 is 0. The number of aliphatic carboxylic acids is 1. The molecule has 0 aromatic heterocycles. The Morgan fingerprint density at radius 3 is 2.62 bits per heavy atom. The van der Waals surface area contributed by atoms with Gasteiger partial charge in [0.25, 0.3) is 0 Å². The van der Waals surface area contributed by atoms with Crippen LogP contribution in [0.1, 0.15) is 39.0 Å². The summed E-state index contributed by atoms with van der Waals surface area (Å²) in [4.78, 5) is 10.3. The van der Waals surface area contributed by atoms with Gasteiger partial charge in [0, 0.05) is 5.71 Å². The van der Waals surface area contributed by atoms with Gasteiger partial charge in [-0.15, -0.1) is 0 Å². The van der Waals surface area contributed by atoms with E-state index in [1.807, 2.05) is 6.92 Å². The molecule has 0 saturated carbocycles. The molecule has 13 heavy (non-hydrogen) atoms. The number of carbonyl (C=O) groups is 1. The molecule has 0 aromatic carbocycles. The fourth-order valence-corrected chi connectivity index (χ4v) is 1.00. The van der Waals surface area contributed by atoms with Crippen LogP contribution in [-0.4, -0.2) is 22.8 Å². The smallest absolute Gasteiger partial charge is 0.320 e. The Morgan fingerprint density at radius 1 is 1.54 bits per heavy atom. The van der Waals surface area contributed by atoms with Crippen LogP contribution in [0.5, 0.6) is 0 Å². The van der Waals surface area contributed by atoms with Crippen molar-refractivity contribution in [1.82, 2.24) is 0 Å². The summed E-state index contributed by atoms with van der Waals surface area (Å²) in [6.45, 7) is 1.95. The second-order valence-corrected chi connectivity index (χ2v) is 3.15. The maximum Gasteiger partial charge on any atom is 0.320 e. The monoisotopic (exact) mass is 186 g/mol. The van der Waals surface area contributed by atoms with E-state index in [-0.39, 0.29) is 0 Å². The molecule has 76 valence electrons. The Morgan fingerprint density at radius 2 is 2.15 bits per heavy atom. The van der Waals surface area contributed by atoms with Crippen molar-refractivity contribution in [2.75, 3.05) is 0 Å². The van der Waals surface area contributed by atoms with Crippen LogP contribution in [0.25, 0.3) is 0 Å². The third-order valence-electron chi connectivity index (χ3n) is 1.99. The van der Waals surface area contributed by atoms with E-state index in [4.69, 9.17) is 16.2 Å². The van der Waals surface area contributed by atoms with Gasteiger partial charge >= 0.3 is 5.97 Å². The standard InChI is InChI=1S/C9H18N2O2/c1-2-7(10)5-3-4-6-8(11)9(12)13/h8,10H,2-6,11H2,1H3,(H,12,13). The molecule has 0 radical (unpaired) electrons. The van der Waals surface area contributed by atoms with E-state index >= 15 is 0 Å². The zero-order chi connectivity index (χ0) is 10.3. The second-order valence-electron chi connectivity index (χ2n) is 3.15. The molecule has 0 aliphatic rings. The quantitative estimate of drug-likeness (QED) is 0.414. The first-order chi connectivity index (χ1) is 6.07. The lowest BCUT2D eigenvalue weighted by molar-refractivity contribution is -0.138. The first-order valence-electron chi connectivity index (χ1n) is 4.62. The summed E-state index contributed by atoms with van der Waals surface area (Å²) in [5.74, 6) is -0.939. The van der Waals surface area contributed by atoms with Crippen LogP contribution in [0.2, 0.25) is 0 Å². The maximum absolute atomic E-state index is 10.3. The predicted molar refractivity (Wildman–Crippen MR) is 52.1 cm³/mol. The van der Waals surface area contributed by atoms with E-state index < -0.39 is 12.0 Å². The summed E-state index contributed by atoms with van der Waals surface area (Å²) in [5.41, 5.74) is 6.04. The van der Waals surface area contributed by atoms with Gasteiger partial charge in [0.2, 0.25) is 0 Å². The fourth-order valence-electron chi connectivity index (χ4n) is 1.00. The molecular weight excluding hydrogens is 168 g/mol. The van der Waals surface area contributed by atoms with Gasteiger partial charge in [-0.3, -0.25) is 4.79 Å². The Kier molecular flexibility index (Phi) is 6.14. The fraction of sp³-hybridized carbons (Fsp3) is 0.778. The van der Waals surface area contributed by atoms with Gasteiger partial charge in [-0.2, -0.15) is 0 Å². The van der Waals surface area contributed by atoms with E-state index in [0.29, 0.717) is 6.42 Å². The van der Waals surface area contributed by atoms with Gasteiger partial charge in [0.05, 0.1) is 0 Å². The molecule has 0 aliphatic heterocycles. The topological polar surface area (TPSA) is 87.2 Å². The average molecular weight is 186 g/mol. The highest BCUT2D eigenvalue weighted by atomic mass is 16.4. The van der Waals surface area contributed by atoms with Crippen molar-refractivity contribution < 1.29 is 9.90 Å². The van der Waals surface area contributed by atoms with E-state index in [0.717, 1.165) is 31.4 Å². The lowest BCUT2D eigenvalue weighted by Crippen LogP contribution is -2.29. The highest BCUT2D eigenvalue weighted by Gasteiger charge is 2.09. The van der Waals surface area contributed by atoms with Crippen LogP contribution in [0.15, 0.2) is 0 Å². The van der Waals surface area contributed by atoms with Crippen LogP contribution in [-0.2, 0) is 4.79 Å². The third kappa shape index (κ3) is 6.28. The Balaban J connectivity index is 3.35. The van der Waals surface area contributed by atoms with E-state index in [9.17, 15) is 4.79 Å². The van der Waals surface area contributed by atoms with Crippen molar-refractivity contribution in [3.8, 4) is 0 Å². The molecule has 0 fully saturated rings. The second kappa shape index (κ2) is 6.60. The third-order valence-corrected chi connectivity index (χ3v) is 1.99. The molecular formula is C9H18N2O2. The molecule has 0 amide bonds. The molecule has 0 spiro atoms. The van der Waals surface area contributed by atoms with Gasteiger partial charge < -0.3 is 16.2 Å². The first kappa shape index (κ1) is 12.1. The Hall–Kier alpha value is -0.900. The largest absolute Gasteiger partial charge is 0.480 e. The van der Waals surface area contributed by atoms with Crippen molar-refractivity contribution >= 4 is 11.7 Å². The van der Waals surface area contributed by atoms with Crippen LogP contribution in [0.4, 0.5) is 0 Å². The Labute approximate surface area is 78.6 Å². The summed E-state index contributed by atoms with van der Waals surface area (Å²) in [5, 5.41) is 15.8. The summed E-state index contributed by atoms with van der Waals surface area (Å²) in [7, 11) is 0. The molecule has 0 saturated heterocycles. The minimum absolute atomic E-state index is 0.506. The zero-order valence-electron chi connectivity index (χ0n) is 8.05. The molecule has 1 unspecified atom stereocenters. The van der Waals surface area contributed by atoms with Gasteiger partial charge in [-0.05, 0) is 25.7 Å². The van der Waals surface area contributed by atoms with Crippen LogP contribution in [0, 0.1) is 5.41 Å². The van der Waals surface area contributed by atoms with Gasteiger partial charge in [0.15, 0.2) is 0 Å². The summed E-state index contributed by atoms with van der Waals surface area (Å²) >= 11 is 0. The first-order valence-corrected chi connectivity index (χ1v) is 4.62. The minimum Gasteiger partial charge on any atom is -0.480 e. The van der Waals surface area contributed by atoms with Crippen molar-refractivity contribution in [3.05, 3.63) is 0 Å². The lowest BCUT2D eigenvalue weighted by Gasteiger charge is -2.05. The Bertz CT molecular complexity index is 180. The maximum atomic E-state index is 10.3. The van der Waals surface area contributed by atoms with Crippen molar-refractivity contribution in [2.24, 2.45) is 5.73 Å². The normalized spacial score (nSPS) is 12.5. The number of hydrogen-bond donors (Lipinski definition) is 3. The number of unbranched alkanes of at least 4 members (excludes halogenated alkanes) is 1. The molecule has 1 atom stereocenters. The highest BCUT2D eigenvalue weighted by molar-refractivity contribution is 5.80. The molecule has 0 bridgehead atoms. The molecule has 0 aromatic rings. The number of rotatable bonds is 7. The number of nitrogens with one attached hydrogen (secondary N) is 1. The van der Waals surface area contributed by atoms with Crippen LogP contribution >= 0.6 is 0 Å². The predicted octanol–water partition coefficient (Wildman–Crippen LogP) is 1.39. The van der Waals surface area contributed by atoms with Crippen LogP contribution in [0.3, 0.4) is 0 Å². The van der Waals surface area contributed by atoms with E-state index in [2.05, 4.69) is 0 Å². The molecule has 4 heteroatoms. The molecule has 4 nitrogen and oxygen atoms in total. The number of carboxylic acids is 1. The lowest BCUT2D eigenvalue weighted by atomic mass is 10.1. The van der Waals surface area contributed by atoms with Crippen LogP contribution < -0.4 is 5.73 Å². The number of carboxylic acid groups (broad SMARTS) is 1. The molecule has 0 aliphatic carbocycles. The van der Waals surface area contributed by atoms with E-state index in [1.54, 1.807) is 0 Å². The van der Waals surface area contributed by atoms with Gasteiger partial charge in [-0.1, -0.05) is 13.3 Å². The number of nitrogens with two attached hydrogens (primary N) is 1. The minimum atomic E-state index is -0.939. The molecule has 4 N–H and O–H groups in total. The molecule has 0 rings (SSSR count). The SMILES string of the molecule is CCC(=N)CCCCC(N)C(=O)O. The van der Waals surface area contributed by atoms with E-state index in [1.165, 1.54) is 0 Å². The highest BCUT2D eigenvalue weighted by Crippen LogP contribution is 2.04. The zero-order valence-corrected chi connectivity index (χ0v) is 8.05.